The Morgan fingerprint density at radius 1 is 1.31 bits per heavy atom. The van der Waals surface area contributed by atoms with Gasteiger partial charge in [0.15, 0.2) is 0 Å². The van der Waals surface area contributed by atoms with Crippen LogP contribution < -0.4 is 15.0 Å². The molecule has 1 saturated heterocycles. The standard InChI is InChI=1S/C19H24F2N2O2S/c1-24-16-4-2-3-15(9-16)23-8-7-14(12-23)10-22-11-17-5-6-18(25-17)13-26-19(20)21/h2-6,9,14,19,22H,7-8,10-13H2,1H3. The molecule has 1 atom stereocenters. The van der Waals surface area contributed by atoms with Crippen LogP contribution in [-0.4, -0.2) is 32.5 Å². The first kappa shape index (κ1) is 19.0. The molecule has 0 aliphatic carbocycles. The first-order valence-electron chi connectivity index (χ1n) is 8.71. The SMILES string of the molecule is COc1cccc(N2CCC(CNCc3ccc(CSC(F)F)o3)C2)c1. The van der Waals surface area contributed by atoms with E-state index in [1.54, 1.807) is 13.2 Å². The minimum atomic E-state index is -2.36. The third-order valence-corrected chi connectivity index (χ3v) is 5.21. The molecule has 0 amide bonds. The summed E-state index contributed by atoms with van der Waals surface area (Å²) >= 11 is 0.581. The van der Waals surface area contributed by atoms with Crippen molar-refractivity contribution in [3.63, 3.8) is 0 Å². The molecule has 1 fully saturated rings. The van der Waals surface area contributed by atoms with Crippen molar-refractivity contribution in [3.05, 3.63) is 47.9 Å². The van der Waals surface area contributed by atoms with Crippen molar-refractivity contribution >= 4 is 17.4 Å². The van der Waals surface area contributed by atoms with Crippen molar-refractivity contribution in [2.45, 2.75) is 24.5 Å². The Labute approximate surface area is 156 Å². The van der Waals surface area contributed by atoms with Gasteiger partial charge in [0.1, 0.15) is 17.3 Å². The number of methoxy groups -OCH3 is 1. The van der Waals surface area contributed by atoms with E-state index in [9.17, 15) is 8.78 Å². The van der Waals surface area contributed by atoms with E-state index >= 15 is 0 Å². The molecule has 0 saturated carbocycles. The number of hydrogen-bond donors (Lipinski definition) is 1. The minimum Gasteiger partial charge on any atom is -0.497 e. The van der Waals surface area contributed by atoms with E-state index in [-0.39, 0.29) is 5.75 Å². The van der Waals surface area contributed by atoms with Crippen molar-refractivity contribution in [3.8, 4) is 5.75 Å². The monoisotopic (exact) mass is 382 g/mol. The zero-order chi connectivity index (χ0) is 18.4. The summed E-state index contributed by atoms with van der Waals surface area (Å²) in [6, 6.07) is 11.8. The number of thioether (sulfide) groups is 1. The summed E-state index contributed by atoms with van der Waals surface area (Å²) < 4.78 is 35.3. The van der Waals surface area contributed by atoms with E-state index in [0.29, 0.717) is 30.0 Å². The lowest BCUT2D eigenvalue weighted by molar-refractivity contribution is 0.251. The minimum absolute atomic E-state index is 0.204. The van der Waals surface area contributed by atoms with Gasteiger partial charge in [0.05, 0.1) is 19.4 Å². The average molecular weight is 382 g/mol. The Bertz CT molecular complexity index is 696. The van der Waals surface area contributed by atoms with E-state index in [1.165, 1.54) is 5.69 Å². The number of nitrogens with one attached hydrogen (secondary N) is 1. The Balaban J connectivity index is 1.41. The molecule has 0 spiro atoms. The van der Waals surface area contributed by atoms with Gasteiger partial charge in [0.2, 0.25) is 0 Å². The smallest absolute Gasteiger partial charge is 0.284 e. The van der Waals surface area contributed by atoms with Gasteiger partial charge in [0, 0.05) is 31.4 Å². The Morgan fingerprint density at radius 2 is 2.15 bits per heavy atom. The molecule has 3 rings (SSSR count). The maximum absolute atomic E-state index is 12.2. The van der Waals surface area contributed by atoms with Gasteiger partial charge in [-0.25, -0.2) is 0 Å². The molecule has 1 aliphatic rings. The average Bonchev–Trinajstić information content (AvgIpc) is 3.30. The first-order valence-corrected chi connectivity index (χ1v) is 9.76. The van der Waals surface area contributed by atoms with Crippen LogP contribution in [0.1, 0.15) is 17.9 Å². The van der Waals surface area contributed by atoms with Crippen molar-refractivity contribution in [1.82, 2.24) is 5.32 Å². The van der Waals surface area contributed by atoms with E-state index in [1.807, 2.05) is 18.2 Å². The summed E-state index contributed by atoms with van der Waals surface area (Å²) in [7, 11) is 1.68. The Morgan fingerprint density at radius 3 is 2.96 bits per heavy atom. The third kappa shape index (κ3) is 5.38. The number of alkyl halides is 2. The molecule has 26 heavy (non-hydrogen) atoms. The fraction of sp³-hybridized carbons (Fsp3) is 0.474. The molecule has 1 unspecified atom stereocenters. The van der Waals surface area contributed by atoms with Crippen molar-refractivity contribution in [2.75, 3.05) is 31.6 Å². The zero-order valence-electron chi connectivity index (χ0n) is 14.8. The van der Waals surface area contributed by atoms with Crippen LogP contribution in [0, 0.1) is 5.92 Å². The van der Waals surface area contributed by atoms with Crippen LogP contribution in [0.5, 0.6) is 5.75 Å². The van der Waals surface area contributed by atoms with E-state index in [2.05, 4.69) is 22.3 Å². The van der Waals surface area contributed by atoms with Crippen LogP contribution in [0.4, 0.5) is 14.5 Å². The zero-order valence-corrected chi connectivity index (χ0v) is 15.6. The third-order valence-electron chi connectivity index (χ3n) is 4.51. The summed E-state index contributed by atoms with van der Waals surface area (Å²) in [5.41, 5.74) is 1.19. The maximum atomic E-state index is 12.2. The highest BCUT2D eigenvalue weighted by molar-refractivity contribution is 7.98. The summed E-state index contributed by atoms with van der Waals surface area (Å²) in [6.45, 7) is 3.57. The van der Waals surface area contributed by atoms with Gasteiger partial charge >= 0.3 is 0 Å². The molecule has 1 aromatic carbocycles. The van der Waals surface area contributed by atoms with Gasteiger partial charge in [-0.3, -0.25) is 0 Å². The lowest BCUT2D eigenvalue weighted by Gasteiger charge is -2.19. The maximum Gasteiger partial charge on any atom is 0.284 e. The van der Waals surface area contributed by atoms with Crippen molar-refractivity contribution < 1.29 is 17.9 Å². The molecule has 1 N–H and O–H groups in total. The lowest BCUT2D eigenvalue weighted by atomic mass is 10.1. The largest absolute Gasteiger partial charge is 0.497 e. The van der Waals surface area contributed by atoms with E-state index in [4.69, 9.17) is 9.15 Å². The number of hydrogen-bond acceptors (Lipinski definition) is 5. The summed E-state index contributed by atoms with van der Waals surface area (Å²) in [4.78, 5) is 2.38. The van der Waals surface area contributed by atoms with Crippen LogP contribution in [0.2, 0.25) is 0 Å². The number of anilines is 1. The predicted octanol–water partition coefficient (Wildman–Crippen LogP) is 4.36. The molecule has 0 radical (unpaired) electrons. The highest BCUT2D eigenvalue weighted by Crippen LogP contribution is 2.26. The molecule has 4 nitrogen and oxygen atoms in total. The molecule has 2 aromatic rings. The van der Waals surface area contributed by atoms with Gasteiger partial charge in [-0.1, -0.05) is 17.8 Å². The molecule has 1 aliphatic heterocycles. The number of furan rings is 1. The van der Waals surface area contributed by atoms with Gasteiger partial charge < -0.3 is 19.4 Å². The van der Waals surface area contributed by atoms with Crippen LogP contribution in [0.15, 0.2) is 40.8 Å². The molecule has 7 heteroatoms. The Kier molecular flexibility index (Phi) is 6.80. The van der Waals surface area contributed by atoms with Crippen molar-refractivity contribution in [2.24, 2.45) is 5.92 Å². The van der Waals surface area contributed by atoms with Crippen LogP contribution >= 0.6 is 11.8 Å². The van der Waals surface area contributed by atoms with Gasteiger partial charge in [-0.05, 0) is 36.6 Å². The topological polar surface area (TPSA) is 37.6 Å². The molecular formula is C19H24F2N2O2S. The second kappa shape index (κ2) is 9.28. The van der Waals surface area contributed by atoms with Crippen molar-refractivity contribution in [1.29, 1.82) is 0 Å². The van der Waals surface area contributed by atoms with Crippen LogP contribution in [0.3, 0.4) is 0 Å². The molecule has 142 valence electrons. The van der Waals surface area contributed by atoms with Crippen LogP contribution in [0.25, 0.3) is 0 Å². The number of ether oxygens (including phenoxy) is 1. The van der Waals surface area contributed by atoms with E-state index in [0.717, 1.165) is 37.6 Å². The highest BCUT2D eigenvalue weighted by Gasteiger charge is 2.22. The molecule has 2 heterocycles. The van der Waals surface area contributed by atoms with Gasteiger partial charge in [0.25, 0.3) is 5.76 Å². The Hall–Kier alpha value is -1.73. The quantitative estimate of drug-likeness (QED) is 0.698. The number of nitrogens with zero attached hydrogens (tertiary/aromatic N) is 1. The highest BCUT2D eigenvalue weighted by atomic mass is 32.2. The predicted molar refractivity (Wildman–Crippen MR) is 101 cm³/mol. The van der Waals surface area contributed by atoms with Gasteiger partial charge in [-0.15, -0.1) is 0 Å². The number of halogens is 2. The normalized spacial score (nSPS) is 17.2. The summed E-state index contributed by atoms with van der Waals surface area (Å²) in [5, 5.41) is 3.42. The fourth-order valence-electron chi connectivity index (χ4n) is 3.18. The molecule has 0 bridgehead atoms. The number of rotatable bonds is 9. The number of benzene rings is 1. The fourth-order valence-corrected chi connectivity index (χ4v) is 3.63. The second-order valence-electron chi connectivity index (χ2n) is 6.37. The molecular weight excluding hydrogens is 358 g/mol. The van der Waals surface area contributed by atoms with E-state index < -0.39 is 5.76 Å². The molecule has 1 aromatic heterocycles. The summed E-state index contributed by atoms with van der Waals surface area (Å²) in [6.07, 6.45) is 1.14. The summed E-state index contributed by atoms with van der Waals surface area (Å²) in [5.74, 6) is 0.675. The first-order chi connectivity index (χ1) is 12.6. The second-order valence-corrected chi connectivity index (χ2v) is 7.35. The van der Waals surface area contributed by atoms with Crippen LogP contribution in [-0.2, 0) is 12.3 Å². The lowest BCUT2D eigenvalue weighted by Crippen LogP contribution is -2.26. The van der Waals surface area contributed by atoms with Gasteiger partial charge in [-0.2, -0.15) is 8.78 Å².